The van der Waals surface area contributed by atoms with Gasteiger partial charge in [0.15, 0.2) is 5.96 Å². The fourth-order valence-electron chi connectivity index (χ4n) is 3.54. The van der Waals surface area contributed by atoms with Crippen LogP contribution in [-0.2, 0) is 11.3 Å². The number of amides is 1. The highest BCUT2D eigenvalue weighted by Gasteiger charge is 2.18. The molecule has 3 rings (SSSR count). The first kappa shape index (κ1) is 19.5. The second-order valence-corrected chi connectivity index (χ2v) is 7.16. The summed E-state index contributed by atoms with van der Waals surface area (Å²) in [5.74, 6) is 1.46. The number of hydrogen-bond acceptors (Lipinski definition) is 4. The number of aliphatic imine (C=N–C) groups is 1. The Balaban J connectivity index is 1.53. The van der Waals surface area contributed by atoms with Crippen molar-refractivity contribution in [1.29, 1.82) is 0 Å². The number of pyridine rings is 1. The van der Waals surface area contributed by atoms with Crippen molar-refractivity contribution in [3.05, 3.63) is 23.9 Å². The minimum atomic E-state index is 0.134. The summed E-state index contributed by atoms with van der Waals surface area (Å²) >= 11 is 0. The van der Waals surface area contributed by atoms with Crippen molar-refractivity contribution in [1.82, 2.24) is 20.5 Å². The van der Waals surface area contributed by atoms with Gasteiger partial charge in [-0.15, -0.1) is 0 Å². The van der Waals surface area contributed by atoms with E-state index in [-0.39, 0.29) is 12.5 Å². The van der Waals surface area contributed by atoms with E-state index in [0.29, 0.717) is 24.5 Å². The molecule has 0 bridgehead atoms. The van der Waals surface area contributed by atoms with Crippen LogP contribution in [0.4, 0.5) is 0 Å². The molecule has 2 aliphatic rings. The molecule has 0 atom stereocenters. The predicted octanol–water partition coefficient (Wildman–Crippen LogP) is 2.08. The Morgan fingerprint density at radius 1 is 1.26 bits per heavy atom. The van der Waals surface area contributed by atoms with Gasteiger partial charge in [-0.25, -0.2) is 9.98 Å². The van der Waals surface area contributed by atoms with Crippen LogP contribution in [0.3, 0.4) is 0 Å². The Hall–Kier alpha value is -2.31. The number of aromatic nitrogens is 1. The molecule has 2 fully saturated rings. The van der Waals surface area contributed by atoms with Gasteiger partial charge >= 0.3 is 0 Å². The standard InChI is InChI=1S/C20H31N5O2/c1-2-21-20(24-15-19(26)25-11-5-6-12-25)23-14-16-9-10-22-18(13-16)27-17-7-3-4-8-17/h9-10,13,17H,2-8,11-12,14-15H2,1H3,(H2,21,23,24). The first-order chi connectivity index (χ1) is 13.2. The van der Waals surface area contributed by atoms with E-state index in [2.05, 4.69) is 20.6 Å². The van der Waals surface area contributed by atoms with Gasteiger partial charge in [-0.2, -0.15) is 0 Å². The molecule has 148 valence electrons. The van der Waals surface area contributed by atoms with E-state index in [1.54, 1.807) is 6.20 Å². The van der Waals surface area contributed by atoms with Crippen molar-refractivity contribution in [2.75, 3.05) is 26.2 Å². The number of nitrogens with one attached hydrogen (secondary N) is 2. The summed E-state index contributed by atoms with van der Waals surface area (Å²) in [4.78, 5) is 23.0. The van der Waals surface area contributed by atoms with Gasteiger partial charge < -0.3 is 20.3 Å². The number of hydrogen-bond donors (Lipinski definition) is 2. The largest absolute Gasteiger partial charge is 0.474 e. The topological polar surface area (TPSA) is 78.9 Å². The molecule has 27 heavy (non-hydrogen) atoms. The molecule has 1 aliphatic heterocycles. The van der Waals surface area contributed by atoms with Crippen LogP contribution in [0.25, 0.3) is 0 Å². The number of guanidine groups is 1. The average molecular weight is 374 g/mol. The Morgan fingerprint density at radius 3 is 2.78 bits per heavy atom. The Labute approximate surface area is 161 Å². The summed E-state index contributed by atoms with van der Waals surface area (Å²) in [7, 11) is 0. The van der Waals surface area contributed by atoms with Crippen LogP contribution in [0, 0.1) is 0 Å². The van der Waals surface area contributed by atoms with Crippen LogP contribution in [0.1, 0.15) is 51.0 Å². The second-order valence-electron chi connectivity index (χ2n) is 7.16. The Bertz CT molecular complexity index is 637. The van der Waals surface area contributed by atoms with Crippen molar-refractivity contribution < 1.29 is 9.53 Å². The summed E-state index contributed by atoms with van der Waals surface area (Å²) in [5, 5.41) is 6.34. The van der Waals surface area contributed by atoms with Crippen LogP contribution < -0.4 is 15.4 Å². The number of carbonyl (C=O) groups is 1. The first-order valence-electron chi connectivity index (χ1n) is 10.2. The molecule has 1 saturated heterocycles. The summed E-state index contributed by atoms with van der Waals surface area (Å²) in [5.41, 5.74) is 1.04. The average Bonchev–Trinajstić information content (AvgIpc) is 3.38. The highest BCUT2D eigenvalue weighted by molar-refractivity contribution is 5.86. The minimum Gasteiger partial charge on any atom is -0.474 e. The molecular weight excluding hydrogens is 342 g/mol. The lowest BCUT2D eigenvalue weighted by atomic mass is 10.2. The van der Waals surface area contributed by atoms with E-state index in [4.69, 9.17) is 4.74 Å². The third-order valence-corrected chi connectivity index (χ3v) is 5.02. The number of likely N-dealkylation sites (tertiary alicyclic amines) is 1. The van der Waals surface area contributed by atoms with Crippen molar-refractivity contribution in [3.63, 3.8) is 0 Å². The van der Waals surface area contributed by atoms with E-state index in [1.807, 2.05) is 24.0 Å². The van der Waals surface area contributed by atoms with Crippen LogP contribution in [0.2, 0.25) is 0 Å². The monoisotopic (exact) mass is 373 g/mol. The third kappa shape index (κ3) is 6.12. The SMILES string of the molecule is CCNC(=NCc1ccnc(OC2CCCC2)c1)NCC(=O)N1CCCC1. The van der Waals surface area contributed by atoms with Crippen molar-refractivity contribution in [3.8, 4) is 5.88 Å². The maximum Gasteiger partial charge on any atom is 0.241 e. The quantitative estimate of drug-likeness (QED) is 0.565. The van der Waals surface area contributed by atoms with E-state index in [0.717, 1.165) is 50.9 Å². The van der Waals surface area contributed by atoms with Gasteiger partial charge in [-0.3, -0.25) is 4.79 Å². The molecule has 2 heterocycles. The van der Waals surface area contributed by atoms with Crippen LogP contribution in [-0.4, -0.2) is 54.0 Å². The maximum absolute atomic E-state index is 12.2. The molecule has 1 amide bonds. The van der Waals surface area contributed by atoms with E-state index >= 15 is 0 Å². The van der Waals surface area contributed by atoms with Gasteiger partial charge in [0.25, 0.3) is 0 Å². The number of nitrogens with zero attached hydrogens (tertiary/aromatic N) is 3. The first-order valence-corrected chi connectivity index (χ1v) is 10.2. The predicted molar refractivity (Wildman–Crippen MR) is 106 cm³/mol. The molecule has 7 heteroatoms. The lowest BCUT2D eigenvalue weighted by molar-refractivity contribution is -0.128. The van der Waals surface area contributed by atoms with Crippen LogP contribution >= 0.6 is 0 Å². The van der Waals surface area contributed by atoms with Gasteiger partial charge in [-0.05, 0) is 57.1 Å². The van der Waals surface area contributed by atoms with E-state index in [1.165, 1.54) is 12.8 Å². The molecule has 1 aromatic rings. The zero-order valence-corrected chi connectivity index (χ0v) is 16.2. The molecule has 7 nitrogen and oxygen atoms in total. The van der Waals surface area contributed by atoms with Crippen molar-refractivity contribution >= 4 is 11.9 Å². The van der Waals surface area contributed by atoms with Crippen molar-refractivity contribution in [2.45, 2.75) is 58.1 Å². The third-order valence-electron chi connectivity index (χ3n) is 5.02. The summed E-state index contributed by atoms with van der Waals surface area (Å²) in [6, 6.07) is 3.91. The molecule has 0 aromatic carbocycles. The molecule has 1 saturated carbocycles. The van der Waals surface area contributed by atoms with Gasteiger partial charge in [0.05, 0.1) is 13.1 Å². The summed E-state index contributed by atoms with van der Waals surface area (Å²) < 4.78 is 5.97. The van der Waals surface area contributed by atoms with Crippen molar-refractivity contribution in [2.24, 2.45) is 4.99 Å². The molecule has 1 aromatic heterocycles. The lowest BCUT2D eigenvalue weighted by Gasteiger charge is -2.17. The molecular formula is C20H31N5O2. The van der Waals surface area contributed by atoms with Crippen LogP contribution in [0.15, 0.2) is 23.3 Å². The van der Waals surface area contributed by atoms with Crippen LogP contribution in [0.5, 0.6) is 5.88 Å². The highest BCUT2D eigenvalue weighted by atomic mass is 16.5. The molecule has 0 radical (unpaired) electrons. The van der Waals surface area contributed by atoms with Gasteiger partial charge in [0.2, 0.25) is 11.8 Å². The molecule has 0 unspecified atom stereocenters. The zero-order valence-electron chi connectivity index (χ0n) is 16.2. The summed E-state index contributed by atoms with van der Waals surface area (Å²) in [6.07, 6.45) is 8.98. The smallest absolute Gasteiger partial charge is 0.241 e. The maximum atomic E-state index is 12.2. The molecule has 1 aliphatic carbocycles. The van der Waals surface area contributed by atoms with E-state index < -0.39 is 0 Å². The second kappa shape index (κ2) is 10.1. The fourth-order valence-corrected chi connectivity index (χ4v) is 3.54. The fraction of sp³-hybridized carbons (Fsp3) is 0.650. The normalized spacial score (nSPS) is 18.0. The molecule has 0 spiro atoms. The Kier molecular flexibility index (Phi) is 7.30. The highest BCUT2D eigenvalue weighted by Crippen LogP contribution is 2.23. The number of rotatable bonds is 7. The van der Waals surface area contributed by atoms with Gasteiger partial charge in [0, 0.05) is 31.9 Å². The Morgan fingerprint density at radius 2 is 2.04 bits per heavy atom. The van der Waals surface area contributed by atoms with Gasteiger partial charge in [0.1, 0.15) is 6.10 Å². The minimum absolute atomic E-state index is 0.134. The molecule has 2 N–H and O–H groups in total. The summed E-state index contributed by atoms with van der Waals surface area (Å²) in [6.45, 7) is 5.29. The lowest BCUT2D eigenvalue weighted by Crippen LogP contribution is -2.44. The van der Waals surface area contributed by atoms with Gasteiger partial charge in [-0.1, -0.05) is 0 Å². The number of carbonyl (C=O) groups excluding carboxylic acids is 1. The van der Waals surface area contributed by atoms with E-state index in [9.17, 15) is 4.79 Å². The zero-order chi connectivity index (χ0) is 18.9. The number of ether oxygens (including phenoxy) is 1.